The summed E-state index contributed by atoms with van der Waals surface area (Å²) in [4.78, 5) is 0. The normalized spacial score (nSPS) is 14.9. The number of halogens is 4. The van der Waals surface area contributed by atoms with Crippen LogP contribution in [-0.4, -0.2) is 58.9 Å². The Bertz CT molecular complexity index is 1000. The lowest BCUT2D eigenvalue weighted by atomic mass is 10.2. The van der Waals surface area contributed by atoms with E-state index in [0.717, 1.165) is 11.1 Å². The lowest BCUT2D eigenvalue weighted by molar-refractivity contribution is 0.0936. The second-order valence-corrected chi connectivity index (χ2v) is 9.43. The van der Waals surface area contributed by atoms with Gasteiger partial charge in [0.1, 0.15) is 0 Å². The molecule has 14 heteroatoms. The number of hydrogen-bond donors (Lipinski definition) is 4. The predicted octanol–water partition coefficient (Wildman–Crippen LogP) is 4.04. The molecule has 0 saturated carbocycles. The third-order valence-electron chi connectivity index (χ3n) is 4.46. The van der Waals surface area contributed by atoms with Gasteiger partial charge in [-0.2, -0.15) is 10.2 Å². The molecular weight excluding hydrogens is 558 g/mol. The van der Waals surface area contributed by atoms with Crippen LogP contribution in [0.15, 0.2) is 46.6 Å². The standard InChI is InChI=1S/C20H20Cl4N8S2/c21-15-3-1-13(17(23)9-15)11-25-27-19(33)29-31-5-7-32(8-6-31)30-20(34)28-26-12-14-2-4-16(22)10-18(14)24/h1-4,9-12H,5-8H2,(H2,27,29,33)(H2,28,30,34). The van der Waals surface area contributed by atoms with Gasteiger partial charge < -0.3 is 0 Å². The van der Waals surface area contributed by atoms with Crippen LogP contribution in [0.3, 0.4) is 0 Å². The number of piperazine rings is 1. The molecule has 8 nitrogen and oxygen atoms in total. The van der Waals surface area contributed by atoms with Crippen molar-refractivity contribution in [2.75, 3.05) is 26.2 Å². The van der Waals surface area contributed by atoms with E-state index < -0.39 is 0 Å². The number of rotatable bonds is 6. The molecule has 1 heterocycles. The summed E-state index contributed by atoms with van der Waals surface area (Å²) in [6.45, 7) is 2.81. The Balaban J connectivity index is 1.35. The molecule has 4 N–H and O–H groups in total. The second kappa shape index (κ2) is 13.4. The summed E-state index contributed by atoms with van der Waals surface area (Å²) in [7, 11) is 0. The lowest BCUT2D eigenvalue weighted by Crippen LogP contribution is -2.59. The summed E-state index contributed by atoms with van der Waals surface area (Å²) < 4.78 is 0. The molecule has 34 heavy (non-hydrogen) atoms. The lowest BCUT2D eigenvalue weighted by Gasteiger charge is -2.35. The third-order valence-corrected chi connectivity index (χ3v) is 5.95. The van der Waals surface area contributed by atoms with Crippen molar-refractivity contribution < 1.29 is 0 Å². The number of hydrazone groups is 2. The van der Waals surface area contributed by atoms with Crippen LogP contribution in [-0.2, 0) is 0 Å². The highest BCUT2D eigenvalue weighted by Crippen LogP contribution is 2.20. The number of thiocarbonyl (C=S) groups is 2. The third kappa shape index (κ3) is 8.79. The van der Waals surface area contributed by atoms with Gasteiger partial charge in [0.15, 0.2) is 0 Å². The molecule has 1 aliphatic rings. The molecule has 0 amide bonds. The van der Waals surface area contributed by atoms with Crippen molar-refractivity contribution in [2.45, 2.75) is 0 Å². The first-order chi connectivity index (χ1) is 16.3. The Morgan fingerprint density at radius 3 is 1.44 bits per heavy atom. The van der Waals surface area contributed by atoms with Crippen LogP contribution in [0.5, 0.6) is 0 Å². The van der Waals surface area contributed by atoms with E-state index in [0.29, 0.717) is 56.5 Å². The minimum absolute atomic E-state index is 0.370. The summed E-state index contributed by atoms with van der Waals surface area (Å²) in [5, 5.41) is 15.0. The first-order valence-electron chi connectivity index (χ1n) is 9.89. The van der Waals surface area contributed by atoms with Crippen molar-refractivity contribution in [1.29, 1.82) is 0 Å². The van der Waals surface area contributed by atoms with Crippen molar-refractivity contribution in [3.8, 4) is 0 Å². The fraction of sp³-hybridized carbons (Fsp3) is 0.200. The zero-order valence-electron chi connectivity index (χ0n) is 17.6. The van der Waals surface area contributed by atoms with Crippen LogP contribution >= 0.6 is 70.8 Å². The summed E-state index contributed by atoms with van der Waals surface area (Å²) in [5.41, 5.74) is 13.2. The summed E-state index contributed by atoms with van der Waals surface area (Å²) >= 11 is 34.6. The monoisotopic (exact) mass is 576 g/mol. The van der Waals surface area contributed by atoms with Gasteiger partial charge in [-0.1, -0.05) is 58.5 Å². The summed E-state index contributed by atoms with van der Waals surface area (Å²) in [6, 6.07) is 10.3. The molecule has 0 radical (unpaired) electrons. The topological polar surface area (TPSA) is 79.3 Å². The Morgan fingerprint density at radius 1 is 0.706 bits per heavy atom. The summed E-state index contributed by atoms with van der Waals surface area (Å²) in [5.74, 6) is 0. The van der Waals surface area contributed by atoms with Gasteiger partial charge in [-0.3, -0.25) is 21.7 Å². The maximum atomic E-state index is 6.12. The smallest absolute Gasteiger partial charge is 0.201 e. The van der Waals surface area contributed by atoms with Gasteiger partial charge in [-0.25, -0.2) is 10.0 Å². The van der Waals surface area contributed by atoms with Crippen molar-refractivity contribution in [3.05, 3.63) is 67.6 Å². The largest absolute Gasteiger partial charge is 0.294 e. The molecule has 1 saturated heterocycles. The molecule has 0 spiro atoms. The van der Waals surface area contributed by atoms with Crippen LogP contribution in [0.1, 0.15) is 11.1 Å². The quantitative estimate of drug-likeness (QED) is 0.233. The van der Waals surface area contributed by atoms with Gasteiger partial charge in [0, 0.05) is 47.4 Å². The minimum Gasteiger partial charge on any atom is -0.294 e. The van der Waals surface area contributed by atoms with E-state index >= 15 is 0 Å². The Morgan fingerprint density at radius 2 is 1.09 bits per heavy atom. The molecular formula is C20H20Cl4N8S2. The van der Waals surface area contributed by atoms with Gasteiger partial charge in [0.2, 0.25) is 10.2 Å². The molecule has 1 aliphatic heterocycles. The molecule has 3 rings (SSSR count). The maximum absolute atomic E-state index is 6.12. The van der Waals surface area contributed by atoms with Crippen molar-refractivity contribution in [1.82, 2.24) is 31.7 Å². The zero-order chi connectivity index (χ0) is 24.5. The maximum Gasteiger partial charge on any atom is 0.201 e. The first kappa shape index (κ1) is 26.8. The van der Waals surface area contributed by atoms with Crippen molar-refractivity contribution >= 4 is 93.5 Å². The number of hydrazine groups is 2. The molecule has 180 valence electrons. The average Bonchev–Trinajstić information content (AvgIpc) is 2.78. The van der Waals surface area contributed by atoms with E-state index in [1.165, 1.54) is 0 Å². The number of benzene rings is 2. The minimum atomic E-state index is 0.370. The Hall–Kier alpha value is -1.76. The van der Waals surface area contributed by atoms with Gasteiger partial charge in [-0.05, 0) is 48.7 Å². The van der Waals surface area contributed by atoms with Crippen LogP contribution in [0.4, 0.5) is 0 Å². The SMILES string of the molecule is S=C(NN=Cc1ccc(Cl)cc1Cl)NN1CCN(NC(=S)NN=Cc2ccc(Cl)cc2Cl)CC1. The molecule has 0 aliphatic carbocycles. The molecule has 2 aromatic carbocycles. The van der Waals surface area contributed by atoms with Gasteiger partial charge >= 0.3 is 0 Å². The van der Waals surface area contributed by atoms with E-state index in [4.69, 9.17) is 70.8 Å². The number of hydrogen-bond acceptors (Lipinski definition) is 6. The zero-order valence-corrected chi connectivity index (χ0v) is 22.2. The fourth-order valence-electron chi connectivity index (χ4n) is 2.80. The molecule has 0 atom stereocenters. The molecule has 1 fully saturated rings. The predicted molar refractivity (Wildman–Crippen MR) is 149 cm³/mol. The molecule has 0 bridgehead atoms. The van der Waals surface area contributed by atoms with Gasteiger partial charge in [-0.15, -0.1) is 0 Å². The second-order valence-electron chi connectivity index (χ2n) is 6.93. The van der Waals surface area contributed by atoms with Crippen molar-refractivity contribution in [2.24, 2.45) is 10.2 Å². The number of nitrogens with one attached hydrogen (secondary N) is 4. The number of nitrogens with zero attached hydrogens (tertiary/aromatic N) is 4. The highest BCUT2D eigenvalue weighted by molar-refractivity contribution is 7.80. The van der Waals surface area contributed by atoms with Crippen LogP contribution in [0.2, 0.25) is 20.1 Å². The van der Waals surface area contributed by atoms with Crippen molar-refractivity contribution in [3.63, 3.8) is 0 Å². The van der Waals surface area contributed by atoms with Crippen LogP contribution in [0.25, 0.3) is 0 Å². The van der Waals surface area contributed by atoms with Crippen LogP contribution < -0.4 is 21.7 Å². The first-order valence-corrected chi connectivity index (χ1v) is 12.2. The highest BCUT2D eigenvalue weighted by Gasteiger charge is 2.17. The average molecular weight is 578 g/mol. The van der Waals surface area contributed by atoms with E-state index in [1.807, 2.05) is 10.0 Å². The Labute approximate surface area is 228 Å². The fourth-order valence-corrected chi connectivity index (χ4v) is 4.08. The molecule has 2 aromatic rings. The van der Waals surface area contributed by atoms with E-state index in [-0.39, 0.29) is 0 Å². The Kier molecular flexibility index (Phi) is 10.5. The van der Waals surface area contributed by atoms with Crippen LogP contribution in [0, 0.1) is 0 Å². The van der Waals surface area contributed by atoms with Gasteiger partial charge in [0.25, 0.3) is 0 Å². The van der Waals surface area contributed by atoms with E-state index in [9.17, 15) is 0 Å². The van der Waals surface area contributed by atoms with Gasteiger partial charge in [0.05, 0.1) is 22.5 Å². The summed E-state index contributed by atoms with van der Waals surface area (Å²) in [6.07, 6.45) is 3.15. The van der Waals surface area contributed by atoms with E-state index in [2.05, 4.69) is 31.9 Å². The molecule has 0 unspecified atom stereocenters. The highest BCUT2D eigenvalue weighted by atomic mass is 35.5. The van der Waals surface area contributed by atoms with E-state index in [1.54, 1.807) is 48.8 Å². The molecule has 0 aromatic heterocycles.